The second kappa shape index (κ2) is 3.20. The Morgan fingerprint density at radius 2 is 2.08 bits per heavy atom. The van der Waals surface area contributed by atoms with Crippen molar-refractivity contribution in [3.63, 3.8) is 0 Å². The zero-order valence-corrected chi connectivity index (χ0v) is 8.30. The van der Waals surface area contributed by atoms with Gasteiger partial charge in [-0.2, -0.15) is 5.26 Å². The van der Waals surface area contributed by atoms with E-state index in [9.17, 15) is 0 Å². The van der Waals surface area contributed by atoms with Gasteiger partial charge in [0.1, 0.15) is 0 Å². The van der Waals surface area contributed by atoms with E-state index in [1.807, 2.05) is 24.3 Å². The summed E-state index contributed by atoms with van der Waals surface area (Å²) in [6.45, 7) is 0. The highest BCUT2D eigenvalue weighted by molar-refractivity contribution is 9.10. The SMILES string of the molecule is N#Cc1[c]c2ccccc2c(Br)c1. The van der Waals surface area contributed by atoms with Crippen molar-refractivity contribution in [3.8, 4) is 6.07 Å². The van der Waals surface area contributed by atoms with Crippen molar-refractivity contribution >= 4 is 26.7 Å². The molecule has 0 fully saturated rings. The summed E-state index contributed by atoms with van der Waals surface area (Å²) in [6.07, 6.45) is 0. The predicted octanol–water partition coefficient (Wildman–Crippen LogP) is 3.27. The first-order valence-corrected chi connectivity index (χ1v) is 4.61. The molecule has 0 bridgehead atoms. The highest BCUT2D eigenvalue weighted by atomic mass is 79.9. The fraction of sp³-hybridized carbons (Fsp3) is 0. The normalized spacial score (nSPS) is 9.85. The quantitative estimate of drug-likeness (QED) is 0.682. The standard InChI is InChI=1S/C11H5BrN/c12-11-6-8(7-13)5-9-3-1-2-4-10(9)11/h1-4,6H. The maximum absolute atomic E-state index is 8.72. The van der Waals surface area contributed by atoms with E-state index in [0.29, 0.717) is 5.56 Å². The van der Waals surface area contributed by atoms with Crippen LogP contribution in [0.15, 0.2) is 34.8 Å². The molecule has 0 N–H and O–H groups in total. The highest BCUT2D eigenvalue weighted by Gasteiger charge is 2.00. The molecule has 0 heterocycles. The van der Waals surface area contributed by atoms with Crippen LogP contribution in [0.4, 0.5) is 0 Å². The summed E-state index contributed by atoms with van der Waals surface area (Å²) in [6, 6.07) is 14.7. The van der Waals surface area contributed by atoms with Crippen molar-refractivity contribution in [1.29, 1.82) is 5.26 Å². The van der Waals surface area contributed by atoms with Crippen LogP contribution >= 0.6 is 15.9 Å². The number of nitrogens with zero attached hydrogens (tertiary/aromatic N) is 1. The Hall–Kier alpha value is -1.33. The minimum absolute atomic E-state index is 0.561. The molecule has 2 heteroatoms. The van der Waals surface area contributed by atoms with Gasteiger partial charge in [0.2, 0.25) is 0 Å². The summed E-state index contributed by atoms with van der Waals surface area (Å²) >= 11 is 3.42. The number of hydrogen-bond acceptors (Lipinski definition) is 1. The molecule has 0 aliphatic heterocycles. The van der Waals surface area contributed by atoms with Crippen LogP contribution in [-0.2, 0) is 0 Å². The Labute approximate surface area is 84.7 Å². The summed E-state index contributed by atoms with van der Waals surface area (Å²) in [5.41, 5.74) is 0.561. The van der Waals surface area contributed by atoms with E-state index in [4.69, 9.17) is 5.26 Å². The van der Waals surface area contributed by atoms with Gasteiger partial charge in [0.15, 0.2) is 0 Å². The lowest BCUT2D eigenvalue weighted by Gasteiger charge is -1.99. The van der Waals surface area contributed by atoms with Crippen molar-refractivity contribution in [1.82, 2.24) is 0 Å². The number of nitriles is 1. The van der Waals surface area contributed by atoms with Gasteiger partial charge in [-0.15, -0.1) is 0 Å². The summed E-state index contributed by atoms with van der Waals surface area (Å²) < 4.78 is 0.943. The molecule has 1 radical (unpaired) electrons. The van der Waals surface area contributed by atoms with E-state index in [-0.39, 0.29) is 0 Å². The monoisotopic (exact) mass is 230 g/mol. The van der Waals surface area contributed by atoms with E-state index < -0.39 is 0 Å². The molecule has 2 aromatic rings. The van der Waals surface area contributed by atoms with Gasteiger partial charge < -0.3 is 0 Å². The number of hydrogen-bond donors (Lipinski definition) is 0. The van der Waals surface area contributed by atoms with E-state index >= 15 is 0 Å². The van der Waals surface area contributed by atoms with Gasteiger partial charge in [0.05, 0.1) is 11.6 Å². The topological polar surface area (TPSA) is 23.8 Å². The summed E-state index contributed by atoms with van der Waals surface area (Å²) in [4.78, 5) is 0. The Kier molecular flexibility index (Phi) is 2.03. The predicted molar refractivity (Wildman–Crippen MR) is 55.2 cm³/mol. The minimum Gasteiger partial charge on any atom is -0.192 e. The lowest BCUT2D eigenvalue weighted by atomic mass is 10.1. The molecule has 0 aromatic heterocycles. The van der Waals surface area contributed by atoms with Crippen molar-refractivity contribution < 1.29 is 0 Å². The molecule has 0 aliphatic rings. The van der Waals surface area contributed by atoms with Crippen LogP contribution in [0.1, 0.15) is 5.56 Å². The van der Waals surface area contributed by atoms with Crippen LogP contribution in [0.5, 0.6) is 0 Å². The summed E-state index contributed by atoms with van der Waals surface area (Å²) in [5.74, 6) is 0. The van der Waals surface area contributed by atoms with Crippen LogP contribution in [0.2, 0.25) is 0 Å². The second-order valence-corrected chi connectivity index (χ2v) is 3.54. The van der Waals surface area contributed by atoms with Gasteiger partial charge in [-0.3, -0.25) is 0 Å². The third-order valence-corrected chi connectivity index (χ3v) is 2.50. The largest absolute Gasteiger partial charge is 0.192 e. The van der Waals surface area contributed by atoms with Crippen LogP contribution in [0.3, 0.4) is 0 Å². The van der Waals surface area contributed by atoms with E-state index in [1.54, 1.807) is 6.07 Å². The Balaban J connectivity index is 2.86. The van der Waals surface area contributed by atoms with E-state index in [2.05, 4.69) is 28.1 Å². The van der Waals surface area contributed by atoms with E-state index in [1.165, 1.54) is 0 Å². The van der Waals surface area contributed by atoms with Gasteiger partial charge in [-0.1, -0.05) is 40.2 Å². The van der Waals surface area contributed by atoms with E-state index in [0.717, 1.165) is 15.2 Å². The molecule has 2 aromatic carbocycles. The smallest absolute Gasteiger partial charge is 0.0998 e. The minimum atomic E-state index is 0.561. The lowest BCUT2D eigenvalue weighted by molar-refractivity contribution is 1.49. The van der Waals surface area contributed by atoms with Crippen LogP contribution in [0, 0.1) is 17.4 Å². The number of rotatable bonds is 0. The number of benzene rings is 2. The first-order chi connectivity index (χ1) is 6.31. The molecule has 0 amide bonds. The summed E-state index contributed by atoms with van der Waals surface area (Å²) in [7, 11) is 0. The van der Waals surface area contributed by atoms with Gasteiger partial charge in [-0.05, 0) is 16.8 Å². The zero-order chi connectivity index (χ0) is 9.26. The molecule has 0 saturated heterocycles. The first-order valence-electron chi connectivity index (χ1n) is 3.82. The van der Waals surface area contributed by atoms with Gasteiger partial charge in [0, 0.05) is 10.5 Å². The Morgan fingerprint density at radius 3 is 2.85 bits per heavy atom. The van der Waals surface area contributed by atoms with Crippen molar-refractivity contribution in [2.75, 3.05) is 0 Å². The average Bonchev–Trinajstić information content (AvgIpc) is 2.18. The molecule has 61 valence electrons. The maximum Gasteiger partial charge on any atom is 0.0998 e. The Morgan fingerprint density at radius 1 is 1.31 bits per heavy atom. The van der Waals surface area contributed by atoms with Crippen molar-refractivity contribution in [2.24, 2.45) is 0 Å². The highest BCUT2D eigenvalue weighted by Crippen LogP contribution is 2.24. The first kappa shape index (κ1) is 8.28. The molecule has 0 saturated carbocycles. The summed E-state index contributed by atoms with van der Waals surface area (Å²) in [5, 5.41) is 10.8. The molecule has 0 atom stereocenters. The molecule has 2 rings (SSSR count). The van der Waals surface area contributed by atoms with Crippen molar-refractivity contribution in [2.45, 2.75) is 0 Å². The third-order valence-electron chi connectivity index (χ3n) is 1.85. The average molecular weight is 231 g/mol. The molecule has 13 heavy (non-hydrogen) atoms. The third kappa shape index (κ3) is 1.43. The maximum atomic E-state index is 8.72. The lowest BCUT2D eigenvalue weighted by Crippen LogP contribution is -1.79. The molecular formula is C11H5BrN. The van der Waals surface area contributed by atoms with Crippen LogP contribution in [-0.4, -0.2) is 0 Å². The van der Waals surface area contributed by atoms with Gasteiger partial charge in [-0.25, -0.2) is 0 Å². The van der Waals surface area contributed by atoms with Crippen LogP contribution < -0.4 is 0 Å². The number of halogens is 1. The molecule has 1 nitrogen and oxygen atoms in total. The second-order valence-electron chi connectivity index (χ2n) is 2.69. The van der Waals surface area contributed by atoms with Crippen LogP contribution in [0.25, 0.3) is 10.8 Å². The molecular weight excluding hydrogens is 226 g/mol. The Bertz CT molecular complexity index is 497. The molecule has 0 aliphatic carbocycles. The van der Waals surface area contributed by atoms with Crippen molar-refractivity contribution in [3.05, 3.63) is 46.4 Å². The fourth-order valence-electron chi connectivity index (χ4n) is 1.25. The molecule has 0 unspecified atom stereocenters. The van der Waals surface area contributed by atoms with Gasteiger partial charge in [0.25, 0.3) is 0 Å². The zero-order valence-electron chi connectivity index (χ0n) is 6.71. The molecule has 0 spiro atoms. The fourth-order valence-corrected chi connectivity index (χ4v) is 1.82. The number of fused-ring (bicyclic) bond motifs is 1. The van der Waals surface area contributed by atoms with Gasteiger partial charge >= 0.3 is 0 Å².